The molecule has 1 heterocycles. The van der Waals surface area contributed by atoms with Crippen LogP contribution in [0, 0.1) is 0 Å². The van der Waals surface area contributed by atoms with Crippen LogP contribution in [0.4, 0.5) is 5.69 Å². The van der Waals surface area contributed by atoms with Crippen LogP contribution < -0.4 is 4.90 Å². The highest BCUT2D eigenvalue weighted by Gasteiger charge is 2.37. The van der Waals surface area contributed by atoms with Gasteiger partial charge in [0.05, 0.1) is 18.2 Å². The predicted molar refractivity (Wildman–Crippen MR) is 106 cm³/mol. The van der Waals surface area contributed by atoms with Gasteiger partial charge in [0.25, 0.3) is 5.91 Å². The van der Waals surface area contributed by atoms with Crippen molar-refractivity contribution in [1.82, 2.24) is 4.90 Å². The smallest absolute Gasteiger partial charge is 0.254 e. The molecule has 1 aliphatic rings. The SMILES string of the molecule is CC1CN(C(=O)c2cccc(N(C)Cc3ccccc3)c2)C(C)(C)CO1. The van der Waals surface area contributed by atoms with E-state index in [2.05, 4.69) is 37.9 Å². The van der Waals surface area contributed by atoms with Gasteiger partial charge in [0.1, 0.15) is 0 Å². The van der Waals surface area contributed by atoms with Gasteiger partial charge in [0.2, 0.25) is 0 Å². The lowest BCUT2D eigenvalue weighted by atomic mass is 9.99. The summed E-state index contributed by atoms with van der Waals surface area (Å²) in [6.45, 7) is 8.12. The van der Waals surface area contributed by atoms with E-state index in [0.29, 0.717) is 13.2 Å². The summed E-state index contributed by atoms with van der Waals surface area (Å²) in [4.78, 5) is 17.3. The maximum Gasteiger partial charge on any atom is 0.254 e. The molecule has 138 valence electrons. The Hall–Kier alpha value is -2.33. The van der Waals surface area contributed by atoms with Crippen LogP contribution in [0.2, 0.25) is 0 Å². The summed E-state index contributed by atoms with van der Waals surface area (Å²) >= 11 is 0. The fraction of sp³-hybridized carbons (Fsp3) is 0.409. The van der Waals surface area contributed by atoms with Crippen LogP contribution in [0.25, 0.3) is 0 Å². The highest BCUT2D eigenvalue weighted by Crippen LogP contribution is 2.26. The molecule has 1 saturated heterocycles. The minimum absolute atomic E-state index is 0.0657. The number of rotatable bonds is 4. The molecule has 2 aromatic carbocycles. The van der Waals surface area contributed by atoms with Crippen LogP contribution in [0.15, 0.2) is 54.6 Å². The zero-order valence-electron chi connectivity index (χ0n) is 16.1. The van der Waals surface area contributed by atoms with E-state index in [4.69, 9.17) is 4.74 Å². The molecule has 0 aliphatic carbocycles. The summed E-state index contributed by atoms with van der Waals surface area (Å²) in [5.74, 6) is 0.0695. The largest absolute Gasteiger partial charge is 0.374 e. The third kappa shape index (κ3) is 4.07. The molecule has 0 radical (unpaired) electrons. The first-order valence-electron chi connectivity index (χ1n) is 9.15. The van der Waals surface area contributed by atoms with Gasteiger partial charge in [-0.15, -0.1) is 0 Å². The molecule has 1 aliphatic heterocycles. The molecule has 1 unspecified atom stereocenters. The first kappa shape index (κ1) is 18.5. The highest BCUT2D eigenvalue weighted by molar-refractivity contribution is 5.95. The molecule has 1 atom stereocenters. The Balaban J connectivity index is 1.79. The minimum Gasteiger partial charge on any atom is -0.374 e. The summed E-state index contributed by atoms with van der Waals surface area (Å²) in [6, 6.07) is 18.2. The maximum atomic E-state index is 13.1. The Kier molecular flexibility index (Phi) is 5.33. The summed E-state index contributed by atoms with van der Waals surface area (Å²) in [5.41, 5.74) is 2.72. The Labute approximate surface area is 156 Å². The van der Waals surface area contributed by atoms with Crippen molar-refractivity contribution in [3.05, 3.63) is 65.7 Å². The Morgan fingerprint density at radius 1 is 1.19 bits per heavy atom. The zero-order chi connectivity index (χ0) is 18.7. The second kappa shape index (κ2) is 7.50. The van der Waals surface area contributed by atoms with Gasteiger partial charge in [0, 0.05) is 31.4 Å². The van der Waals surface area contributed by atoms with E-state index in [-0.39, 0.29) is 17.6 Å². The van der Waals surface area contributed by atoms with Gasteiger partial charge in [0.15, 0.2) is 0 Å². The molecule has 0 bridgehead atoms. The summed E-state index contributed by atoms with van der Waals surface area (Å²) in [7, 11) is 2.05. The number of benzene rings is 2. The number of carbonyl (C=O) groups is 1. The molecule has 4 nitrogen and oxygen atoms in total. The summed E-state index contributed by atoms with van der Waals surface area (Å²) in [6.07, 6.45) is 0.0657. The molecule has 4 heteroatoms. The monoisotopic (exact) mass is 352 g/mol. The molecule has 26 heavy (non-hydrogen) atoms. The van der Waals surface area contributed by atoms with Crippen LogP contribution in [-0.2, 0) is 11.3 Å². The lowest BCUT2D eigenvalue weighted by Crippen LogP contribution is -2.57. The fourth-order valence-electron chi connectivity index (χ4n) is 3.32. The van der Waals surface area contributed by atoms with Crippen molar-refractivity contribution in [1.29, 1.82) is 0 Å². The van der Waals surface area contributed by atoms with Crippen LogP contribution in [-0.4, -0.2) is 42.6 Å². The van der Waals surface area contributed by atoms with Gasteiger partial charge in [-0.05, 0) is 44.5 Å². The molecule has 0 saturated carbocycles. The Morgan fingerprint density at radius 3 is 2.65 bits per heavy atom. The molecule has 2 aromatic rings. The number of morpholine rings is 1. The van der Waals surface area contributed by atoms with Crippen molar-refractivity contribution < 1.29 is 9.53 Å². The van der Waals surface area contributed by atoms with E-state index in [1.165, 1.54) is 5.56 Å². The van der Waals surface area contributed by atoms with E-state index in [9.17, 15) is 4.79 Å². The molecule has 3 rings (SSSR count). The average Bonchev–Trinajstić information content (AvgIpc) is 2.64. The summed E-state index contributed by atoms with van der Waals surface area (Å²) in [5, 5.41) is 0. The first-order valence-corrected chi connectivity index (χ1v) is 9.15. The van der Waals surface area contributed by atoms with Gasteiger partial charge < -0.3 is 14.5 Å². The van der Waals surface area contributed by atoms with E-state index >= 15 is 0 Å². The van der Waals surface area contributed by atoms with Crippen LogP contribution >= 0.6 is 0 Å². The van der Waals surface area contributed by atoms with Gasteiger partial charge >= 0.3 is 0 Å². The van der Waals surface area contributed by atoms with Crippen LogP contribution in [0.5, 0.6) is 0 Å². The predicted octanol–water partition coefficient (Wildman–Crippen LogP) is 3.96. The lowest BCUT2D eigenvalue weighted by molar-refractivity contribution is -0.0755. The second-order valence-corrected chi connectivity index (χ2v) is 7.74. The quantitative estimate of drug-likeness (QED) is 0.835. The van der Waals surface area contributed by atoms with E-state index in [1.807, 2.05) is 54.3 Å². The number of amides is 1. The highest BCUT2D eigenvalue weighted by atomic mass is 16.5. The van der Waals surface area contributed by atoms with Crippen molar-refractivity contribution in [2.75, 3.05) is 25.1 Å². The molecular formula is C22H28N2O2. The molecule has 1 amide bonds. The normalized spacial score (nSPS) is 19.2. The standard InChI is InChI=1S/C22H28N2O2/c1-17-14-24(22(2,3)16-26-17)21(25)19-11-8-12-20(13-19)23(4)15-18-9-6-5-7-10-18/h5-13,17H,14-16H2,1-4H3. The van der Waals surface area contributed by atoms with Crippen LogP contribution in [0.3, 0.4) is 0 Å². The molecule has 0 spiro atoms. The zero-order valence-corrected chi connectivity index (χ0v) is 16.1. The number of anilines is 1. The van der Waals surface area contributed by atoms with Gasteiger partial charge in [-0.3, -0.25) is 4.79 Å². The second-order valence-electron chi connectivity index (χ2n) is 7.74. The third-order valence-electron chi connectivity index (χ3n) is 4.93. The lowest BCUT2D eigenvalue weighted by Gasteiger charge is -2.44. The average molecular weight is 352 g/mol. The number of hydrogen-bond acceptors (Lipinski definition) is 3. The Morgan fingerprint density at radius 2 is 1.92 bits per heavy atom. The van der Waals surface area contributed by atoms with E-state index in [0.717, 1.165) is 17.8 Å². The molecule has 0 aromatic heterocycles. The van der Waals surface area contributed by atoms with Crippen molar-refractivity contribution in [3.63, 3.8) is 0 Å². The molecule has 1 fully saturated rings. The van der Waals surface area contributed by atoms with Crippen LogP contribution in [0.1, 0.15) is 36.7 Å². The van der Waals surface area contributed by atoms with Crippen molar-refractivity contribution >= 4 is 11.6 Å². The topological polar surface area (TPSA) is 32.8 Å². The maximum absolute atomic E-state index is 13.1. The van der Waals surface area contributed by atoms with E-state index < -0.39 is 0 Å². The van der Waals surface area contributed by atoms with Crippen molar-refractivity contribution in [2.45, 2.75) is 39.0 Å². The molecule has 0 N–H and O–H groups in total. The summed E-state index contributed by atoms with van der Waals surface area (Å²) < 4.78 is 5.74. The number of ether oxygens (including phenoxy) is 1. The van der Waals surface area contributed by atoms with Gasteiger partial charge in [-0.1, -0.05) is 36.4 Å². The number of hydrogen-bond donors (Lipinski definition) is 0. The van der Waals surface area contributed by atoms with Crippen molar-refractivity contribution in [2.24, 2.45) is 0 Å². The number of nitrogens with zero attached hydrogens (tertiary/aromatic N) is 2. The third-order valence-corrected chi connectivity index (χ3v) is 4.93. The fourth-order valence-corrected chi connectivity index (χ4v) is 3.32. The Bertz CT molecular complexity index is 758. The van der Waals surface area contributed by atoms with Crippen molar-refractivity contribution in [3.8, 4) is 0 Å². The first-order chi connectivity index (χ1) is 12.4. The number of carbonyl (C=O) groups excluding carboxylic acids is 1. The van der Waals surface area contributed by atoms with Gasteiger partial charge in [-0.25, -0.2) is 0 Å². The van der Waals surface area contributed by atoms with E-state index in [1.54, 1.807) is 0 Å². The van der Waals surface area contributed by atoms with Gasteiger partial charge in [-0.2, -0.15) is 0 Å². The minimum atomic E-state index is -0.296. The molecular weight excluding hydrogens is 324 g/mol.